The van der Waals surface area contributed by atoms with Crippen LogP contribution in [0.5, 0.6) is 0 Å². The number of rotatable bonds is 7. The number of H-pyrrole nitrogens is 1. The van der Waals surface area contributed by atoms with Gasteiger partial charge in [0.25, 0.3) is 5.56 Å². The molecule has 0 aliphatic rings. The molecule has 0 fully saturated rings. The highest BCUT2D eigenvalue weighted by Gasteiger charge is 2.27. The molecule has 200 valence electrons. The third kappa shape index (κ3) is 4.43. The smallest absolute Gasteiger partial charge is 0.336 e. The number of fused-ring (bicyclic) bond motifs is 1. The number of aromatic amines is 1. The van der Waals surface area contributed by atoms with E-state index in [0.29, 0.717) is 21.4 Å². The first kappa shape index (κ1) is 25.2. The van der Waals surface area contributed by atoms with Gasteiger partial charge in [-0.2, -0.15) is 5.10 Å². The Morgan fingerprint density at radius 3 is 2.05 bits per heavy atom. The summed E-state index contributed by atoms with van der Waals surface area (Å²) in [6, 6.07) is 23.4. The molecule has 3 heterocycles. The minimum atomic E-state index is -2.14. The van der Waals surface area contributed by atoms with Crippen LogP contribution < -0.4 is 11.2 Å². The normalized spacial score (nSPS) is 13.0. The van der Waals surface area contributed by atoms with E-state index in [1.807, 2.05) is 0 Å². The Labute approximate surface area is 225 Å². The van der Waals surface area contributed by atoms with Gasteiger partial charge in [-0.15, -0.1) is 0 Å². The molecule has 6 rings (SSSR count). The fourth-order valence-electron chi connectivity index (χ4n) is 4.71. The van der Waals surface area contributed by atoms with Crippen molar-refractivity contribution in [1.82, 2.24) is 23.9 Å². The average Bonchev–Trinajstić information content (AvgIpc) is 3.63. The second-order valence-electron chi connectivity index (χ2n) is 9.28. The van der Waals surface area contributed by atoms with Crippen LogP contribution in [0.3, 0.4) is 0 Å². The van der Waals surface area contributed by atoms with Gasteiger partial charge in [-0.3, -0.25) is 14.0 Å². The second kappa shape index (κ2) is 10.2. The minimum Gasteiger partial charge on any atom is -0.349 e. The third-order valence-corrected chi connectivity index (χ3v) is 6.74. The average molecular weight is 542 g/mol. The highest BCUT2D eigenvalue weighted by atomic mass is 19.1. The van der Waals surface area contributed by atoms with Crippen molar-refractivity contribution in [3.8, 4) is 11.3 Å². The van der Waals surface area contributed by atoms with Crippen molar-refractivity contribution in [2.75, 3.05) is 0 Å². The van der Waals surface area contributed by atoms with Crippen molar-refractivity contribution in [2.24, 2.45) is 0 Å². The zero-order chi connectivity index (χ0) is 27.8. The van der Waals surface area contributed by atoms with Gasteiger partial charge in [0.15, 0.2) is 0 Å². The van der Waals surface area contributed by atoms with Crippen LogP contribution in [-0.4, -0.2) is 23.9 Å². The number of aromatic nitrogens is 5. The highest BCUT2D eigenvalue weighted by Crippen LogP contribution is 2.27. The van der Waals surface area contributed by atoms with E-state index in [0.717, 1.165) is 4.57 Å². The summed E-state index contributed by atoms with van der Waals surface area (Å²) in [5.74, 6) is -0.371. The summed E-state index contributed by atoms with van der Waals surface area (Å²) in [4.78, 5) is 30.0. The van der Waals surface area contributed by atoms with E-state index in [-0.39, 0.29) is 34.5 Å². The van der Waals surface area contributed by atoms with Crippen LogP contribution in [0.15, 0.2) is 113 Å². The molecule has 10 heteroatoms. The topological polar surface area (TPSA) is 77.6 Å². The van der Waals surface area contributed by atoms with E-state index in [1.165, 1.54) is 47.3 Å². The quantitative estimate of drug-likeness (QED) is 0.287. The van der Waals surface area contributed by atoms with Gasteiger partial charge in [-0.1, -0.05) is 78.9 Å². The van der Waals surface area contributed by atoms with E-state index in [1.54, 1.807) is 60.8 Å². The van der Waals surface area contributed by atoms with E-state index >= 15 is 8.78 Å². The molecule has 0 amide bonds. The van der Waals surface area contributed by atoms with Crippen molar-refractivity contribution < 1.29 is 13.2 Å². The SMILES string of the molecule is O=c1c2[nH]c(-c3cnn(Cc4ccccc4F)c3)cc2n(C(F)c2ccccc2)c(=O)n1C(F)c1ccccc1. The molecule has 3 aromatic heterocycles. The molecule has 2 unspecified atom stereocenters. The lowest BCUT2D eigenvalue weighted by Crippen LogP contribution is -2.42. The van der Waals surface area contributed by atoms with Crippen molar-refractivity contribution >= 4 is 11.0 Å². The Bertz CT molecular complexity index is 1930. The summed E-state index contributed by atoms with van der Waals surface area (Å²) in [5, 5.41) is 4.27. The van der Waals surface area contributed by atoms with Crippen LogP contribution in [0.2, 0.25) is 0 Å². The Hall–Kier alpha value is -5.12. The standard InChI is InChI=1S/C30H22F3N5O2/c31-23-14-8-7-13-21(23)17-36-18-22(16-34-36)24-15-25-26(35-24)29(39)38(28(33)20-11-5-2-6-12-20)30(40)37(25)27(32)19-9-3-1-4-10-19/h1-16,18,27-28,35H,17H2. The predicted molar refractivity (Wildman–Crippen MR) is 145 cm³/mol. The zero-order valence-corrected chi connectivity index (χ0v) is 20.9. The van der Waals surface area contributed by atoms with Crippen LogP contribution in [0.1, 0.15) is 29.3 Å². The number of nitrogens with zero attached hydrogens (tertiary/aromatic N) is 4. The first-order valence-electron chi connectivity index (χ1n) is 12.5. The molecule has 0 aliphatic heterocycles. The van der Waals surface area contributed by atoms with E-state index in [9.17, 15) is 14.0 Å². The van der Waals surface area contributed by atoms with Gasteiger partial charge in [-0.05, 0) is 12.1 Å². The van der Waals surface area contributed by atoms with Gasteiger partial charge in [0, 0.05) is 28.5 Å². The minimum absolute atomic E-state index is 0.0280. The van der Waals surface area contributed by atoms with Crippen molar-refractivity contribution in [1.29, 1.82) is 0 Å². The van der Waals surface area contributed by atoms with E-state index in [2.05, 4.69) is 10.1 Å². The van der Waals surface area contributed by atoms with Gasteiger partial charge in [0.05, 0.1) is 24.0 Å². The first-order chi connectivity index (χ1) is 19.4. The van der Waals surface area contributed by atoms with Crippen molar-refractivity contribution in [3.05, 3.63) is 147 Å². The Morgan fingerprint density at radius 1 is 0.800 bits per heavy atom. The fraction of sp³-hybridized carbons (Fsp3) is 0.100. The highest BCUT2D eigenvalue weighted by molar-refractivity contribution is 5.82. The maximum absolute atomic E-state index is 16.0. The Balaban J connectivity index is 1.51. The van der Waals surface area contributed by atoms with Gasteiger partial charge in [-0.25, -0.2) is 22.5 Å². The molecule has 40 heavy (non-hydrogen) atoms. The Kier molecular flexibility index (Phi) is 6.43. The molecule has 7 nitrogen and oxygen atoms in total. The van der Waals surface area contributed by atoms with Crippen molar-refractivity contribution in [2.45, 2.75) is 19.1 Å². The van der Waals surface area contributed by atoms with Gasteiger partial charge >= 0.3 is 5.69 Å². The number of hydrogen-bond donors (Lipinski definition) is 1. The molecule has 0 saturated heterocycles. The first-order valence-corrected chi connectivity index (χ1v) is 12.5. The van der Waals surface area contributed by atoms with Crippen LogP contribution >= 0.6 is 0 Å². The maximum atomic E-state index is 16.0. The van der Waals surface area contributed by atoms with Crippen LogP contribution in [-0.2, 0) is 6.54 Å². The third-order valence-electron chi connectivity index (χ3n) is 6.74. The lowest BCUT2D eigenvalue weighted by molar-refractivity contribution is 0.248. The van der Waals surface area contributed by atoms with E-state index in [4.69, 9.17) is 0 Å². The van der Waals surface area contributed by atoms with Crippen LogP contribution in [0, 0.1) is 5.82 Å². The number of alkyl halides is 2. The monoisotopic (exact) mass is 541 g/mol. The van der Waals surface area contributed by atoms with Crippen LogP contribution in [0.25, 0.3) is 22.3 Å². The molecular formula is C30H22F3N5O2. The largest absolute Gasteiger partial charge is 0.349 e. The maximum Gasteiger partial charge on any atom is 0.336 e. The number of benzene rings is 3. The molecule has 6 aromatic rings. The van der Waals surface area contributed by atoms with Gasteiger partial charge in [0.2, 0.25) is 12.6 Å². The molecule has 2 atom stereocenters. The fourth-order valence-corrected chi connectivity index (χ4v) is 4.71. The number of nitrogens with one attached hydrogen (secondary N) is 1. The molecule has 3 aromatic carbocycles. The molecular weight excluding hydrogens is 519 g/mol. The summed E-state index contributed by atoms with van der Waals surface area (Å²) in [5.41, 5.74) is -0.711. The summed E-state index contributed by atoms with van der Waals surface area (Å²) >= 11 is 0. The molecule has 0 bridgehead atoms. The van der Waals surface area contributed by atoms with Gasteiger partial charge < -0.3 is 4.98 Å². The second-order valence-corrected chi connectivity index (χ2v) is 9.28. The molecule has 1 N–H and O–H groups in total. The molecule has 0 aliphatic carbocycles. The lowest BCUT2D eigenvalue weighted by Gasteiger charge is -2.18. The summed E-state index contributed by atoms with van der Waals surface area (Å²) < 4.78 is 48.5. The summed E-state index contributed by atoms with van der Waals surface area (Å²) in [6.07, 6.45) is -1.02. The predicted octanol–water partition coefficient (Wildman–Crippen LogP) is 5.58. The summed E-state index contributed by atoms with van der Waals surface area (Å²) in [6.45, 7) is 0.158. The lowest BCUT2D eigenvalue weighted by atomic mass is 10.2. The summed E-state index contributed by atoms with van der Waals surface area (Å²) in [7, 11) is 0. The van der Waals surface area contributed by atoms with Crippen molar-refractivity contribution in [3.63, 3.8) is 0 Å². The van der Waals surface area contributed by atoms with E-state index < -0.39 is 23.8 Å². The number of hydrogen-bond acceptors (Lipinski definition) is 3. The molecule has 0 spiro atoms. The van der Waals surface area contributed by atoms with Crippen LogP contribution in [0.4, 0.5) is 13.2 Å². The molecule has 0 saturated carbocycles. The van der Waals surface area contributed by atoms with Gasteiger partial charge in [0.1, 0.15) is 11.3 Å². The zero-order valence-electron chi connectivity index (χ0n) is 20.9. The Morgan fingerprint density at radius 2 is 1.40 bits per heavy atom. The number of halogens is 3. The molecule has 0 radical (unpaired) electrons.